The Bertz CT molecular complexity index is 970. The Labute approximate surface area is 169 Å². The average Bonchev–Trinajstić information content (AvgIpc) is 2.73. The van der Waals surface area contributed by atoms with Crippen LogP contribution in [0.4, 0.5) is 5.69 Å². The van der Waals surface area contributed by atoms with Crippen molar-refractivity contribution in [1.29, 1.82) is 0 Å². The number of fused-ring (bicyclic) bond motifs is 1. The summed E-state index contributed by atoms with van der Waals surface area (Å²) in [6.45, 7) is 0. The van der Waals surface area contributed by atoms with E-state index in [-0.39, 0.29) is 6.17 Å². The predicted molar refractivity (Wildman–Crippen MR) is 112 cm³/mol. The van der Waals surface area contributed by atoms with Crippen LogP contribution in [0.1, 0.15) is 12.0 Å². The highest BCUT2D eigenvalue weighted by atomic mass is 35.5. The summed E-state index contributed by atoms with van der Waals surface area (Å²) in [7, 11) is 3.29. The quantitative estimate of drug-likeness (QED) is 0.809. The summed E-state index contributed by atoms with van der Waals surface area (Å²) in [6, 6.07) is 15.5. The second kappa shape index (κ2) is 7.96. The normalized spacial score (nSPS) is 18.3. The second-order valence-corrected chi connectivity index (χ2v) is 6.85. The van der Waals surface area contributed by atoms with E-state index in [0.29, 0.717) is 5.96 Å². The minimum Gasteiger partial charge on any atom is -0.497 e. The van der Waals surface area contributed by atoms with Gasteiger partial charge in [0.05, 0.1) is 14.2 Å². The van der Waals surface area contributed by atoms with Gasteiger partial charge in [0.25, 0.3) is 0 Å². The van der Waals surface area contributed by atoms with Gasteiger partial charge in [0.2, 0.25) is 5.96 Å². The summed E-state index contributed by atoms with van der Waals surface area (Å²) < 4.78 is 5.27. The number of halogens is 1. The van der Waals surface area contributed by atoms with Gasteiger partial charge in [-0.25, -0.2) is 10.1 Å². The van der Waals surface area contributed by atoms with Crippen LogP contribution in [-0.2, 0) is 4.84 Å². The van der Waals surface area contributed by atoms with E-state index in [1.54, 1.807) is 19.3 Å². The molecule has 7 heteroatoms. The Kier molecular flexibility index (Phi) is 5.23. The lowest BCUT2D eigenvalue weighted by molar-refractivity contribution is -0.116. The number of allylic oxidation sites excluding steroid dienone is 1. The summed E-state index contributed by atoms with van der Waals surface area (Å²) >= 11 is 6.38. The van der Waals surface area contributed by atoms with Crippen molar-refractivity contribution in [3.05, 3.63) is 77.1 Å². The van der Waals surface area contributed by atoms with Gasteiger partial charge >= 0.3 is 0 Å². The highest BCUT2D eigenvalue weighted by Crippen LogP contribution is 2.35. The fraction of sp³-hybridized carbons (Fsp3) is 0.190. The third-order valence-corrected chi connectivity index (χ3v) is 5.01. The van der Waals surface area contributed by atoms with Gasteiger partial charge in [0, 0.05) is 35.6 Å². The van der Waals surface area contributed by atoms with Gasteiger partial charge in [-0.1, -0.05) is 35.9 Å². The Balaban J connectivity index is 1.58. The van der Waals surface area contributed by atoms with Crippen LogP contribution in [0, 0.1) is 0 Å². The van der Waals surface area contributed by atoms with Crippen molar-refractivity contribution in [2.75, 3.05) is 19.5 Å². The minimum absolute atomic E-state index is 0.151. The summed E-state index contributed by atoms with van der Waals surface area (Å²) in [6.07, 6.45) is 4.43. The molecule has 2 aromatic carbocycles. The molecule has 0 saturated heterocycles. The number of guanidine groups is 1. The lowest BCUT2D eigenvalue weighted by Crippen LogP contribution is -2.51. The first-order chi connectivity index (χ1) is 13.7. The number of aliphatic imine (C=N–C) groups is 1. The van der Waals surface area contributed by atoms with E-state index in [0.717, 1.165) is 39.6 Å². The number of ether oxygens (including phenoxy) is 1. The zero-order chi connectivity index (χ0) is 19.5. The van der Waals surface area contributed by atoms with Gasteiger partial charge in [-0.2, -0.15) is 0 Å². The summed E-state index contributed by atoms with van der Waals surface area (Å²) in [5.74, 6) is 1.42. The molecular formula is C21H21ClN4O2. The van der Waals surface area contributed by atoms with Crippen LogP contribution in [0.5, 0.6) is 5.75 Å². The predicted octanol–water partition coefficient (Wildman–Crippen LogP) is 4.24. The molecule has 6 nitrogen and oxygen atoms in total. The first kappa shape index (κ1) is 18.4. The topological polar surface area (TPSA) is 58.1 Å². The Hall–Kier alpha value is -2.96. The van der Waals surface area contributed by atoms with E-state index < -0.39 is 0 Å². The monoisotopic (exact) mass is 396 g/mol. The van der Waals surface area contributed by atoms with Crippen molar-refractivity contribution in [2.24, 2.45) is 4.99 Å². The molecule has 2 aliphatic heterocycles. The maximum atomic E-state index is 6.38. The van der Waals surface area contributed by atoms with Crippen molar-refractivity contribution in [1.82, 2.24) is 10.4 Å². The van der Waals surface area contributed by atoms with Crippen molar-refractivity contribution in [2.45, 2.75) is 12.6 Å². The molecule has 144 valence electrons. The minimum atomic E-state index is -0.151. The highest BCUT2D eigenvalue weighted by molar-refractivity contribution is 6.32. The molecule has 0 aromatic heterocycles. The van der Waals surface area contributed by atoms with E-state index in [4.69, 9.17) is 21.2 Å². The first-order valence-corrected chi connectivity index (χ1v) is 9.28. The lowest BCUT2D eigenvalue weighted by atomic mass is 9.94. The molecular weight excluding hydrogens is 376 g/mol. The van der Waals surface area contributed by atoms with Crippen LogP contribution in [0.3, 0.4) is 0 Å². The molecule has 1 atom stereocenters. The van der Waals surface area contributed by atoms with Gasteiger partial charge in [-0.3, -0.25) is 4.84 Å². The first-order valence-electron chi connectivity index (χ1n) is 8.90. The molecule has 28 heavy (non-hydrogen) atoms. The van der Waals surface area contributed by atoms with Crippen LogP contribution in [0.2, 0.25) is 5.02 Å². The molecule has 0 bridgehead atoms. The lowest BCUT2D eigenvalue weighted by Gasteiger charge is -2.38. The molecule has 1 unspecified atom stereocenters. The number of methoxy groups -OCH3 is 1. The van der Waals surface area contributed by atoms with E-state index in [1.165, 1.54) is 0 Å². The number of nitrogens with zero attached hydrogens (tertiary/aromatic N) is 2. The van der Waals surface area contributed by atoms with E-state index in [2.05, 4.69) is 15.6 Å². The zero-order valence-electron chi connectivity index (χ0n) is 15.6. The summed E-state index contributed by atoms with van der Waals surface area (Å²) in [5, 5.41) is 9.15. The van der Waals surface area contributed by atoms with Crippen LogP contribution >= 0.6 is 11.6 Å². The highest BCUT2D eigenvalue weighted by Gasteiger charge is 2.30. The fourth-order valence-electron chi connectivity index (χ4n) is 3.29. The molecule has 0 aliphatic carbocycles. The van der Waals surface area contributed by atoms with Gasteiger partial charge in [0.15, 0.2) is 6.17 Å². The number of anilines is 1. The van der Waals surface area contributed by atoms with Crippen LogP contribution in [0.15, 0.2) is 71.5 Å². The molecule has 4 rings (SSSR count). The number of nitrogens with one attached hydrogen (secondary N) is 2. The molecule has 0 spiro atoms. The summed E-state index contributed by atoms with van der Waals surface area (Å²) in [5.41, 5.74) is 4.05. The smallest absolute Gasteiger partial charge is 0.202 e. The molecule has 2 aliphatic rings. The molecule has 2 aromatic rings. The number of hydroxylamine groups is 2. The van der Waals surface area contributed by atoms with E-state index in [9.17, 15) is 0 Å². The standard InChI is InChI=1S/C21H21ClN4O2/c1-27-17-7-5-6-16(11-17)24-21-23-12-14-10-15(13-26(28-2)20(14)25-21)18-8-3-4-9-19(18)22/h3-9,11-13,20H,10H2,1-2H3,(H2,23,24,25). The van der Waals surface area contributed by atoms with Crippen molar-refractivity contribution < 1.29 is 9.57 Å². The largest absolute Gasteiger partial charge is 0.497 e. The maximum absolute atomic E-state index is 6.38. The average molecular weight is 397 g/mol. The number of hydrogen-bond donors (Lipinski definition) is 2. The van der Waals surface area contributed by atoms with Crippen molar-refractivity contribution in [3.8, 4) is 5.75 Å². The molecule has 0 amide bonds. The molecule has 0 radical (unpaired) electrons. The zero-order valence-corrected chi connectivity index (χ0v) is 16.4. The molecule has 2 heterocycles. The van der Waals surface area contributed by atoms with Gasteiger partial charge < -0.3 is 15.4 Å². The molecule has 0 saturated carbocycles. The van der Waals surface area contributed by atoms with Crippen LogP contribution in [0.25, 0.3) is 5.57 Å². The van der Waals surface area contributed by atoms with Crippen molar-refractivity contribution >= 4 is 28.8 Å². The van der Waals surface area contributed by atoms with Crippen LogP contribution in [-0.4, -0.2) is 31.4 Å². The van der Waals surface area contributed by atoms with Crippen molar-refractivity contribution in [3.63, 3.8) is 0 Å². The Morgan fingerprint density at radius 1 is 1.18 bits per heavy atom. The van der Waals surface area contributed by atoms with E-state index in [1.807, 2.05) is 60.9 Å². The third-order valence-electron chi connectivity index (χ3n) is 4.68. The fourth-order valence-corrected chi connectivity index (χ4v) is 3.55. The van der Waals surface area contributed by atoms with Gasteiger partial charge in [-0.05, 0) is 34.9 Å². The maximum Gasteiger partial charge on any atom is 0.202 e. The number of benzene rings is 2. The molecule has 2 N–H and O–H groups in total. The number of rotatable bonds is 4. The molecule has 0 fully saturated rings. The SMILES string of the molecule is COc1cccc(NC2=NC=C3CC(c4ccccc4Cl)=CN(OC)C3N2)c1. The van der Waals surface area contributed by atoms with Gasteiger partial charge in [0.1, 0.15) is 5.75 Å². The van der Waals surface area contributed by atoms with Gasteiger partial charge in [-0.15, -0.1) is 0 Å². The third kappa shape index (κ3) is 3.69. The van der Waals surface area contributed by atoms with Crippen LogP contribution < -0.4 is 15.4 Å². The Morgan fingerprint density at radius 2 is 2.04 bits per heavy atom. The van der Waals surface area contributed by atoms with E-state index >= 15 is 0 Å². The summed E-state index contributed by atoms with van der Waals surface area (Å²) in [4.78, 5) is 10.1. The Morgan fingerprint density at radius 3 is 2.82 bits per heavy atom. The second-order valence-electron chi connectivity index (χ2n) is 6.44. The number of hydrogen-bond acceptors (Lipinski definition) is 6.